The molecule has 40 heavy (non-hydrogen) atoms. The first-order valence-electron chi connectivity index (χ1n) is 13.0. The van der Waals surface area contributed by atoms with Gasteiger partial charge in [-0.15, -0.1) is 0 Å². The summed E-state index contributed by atoms with van der Waals surface area (Å²) in [6.07, 6.45) is 4.50. The average Bonchev–Trinajstić information content (AvgIpc) is 3.58. The van der Waals surface area contributed by atoms with Gasteiger partial charge in [-0.3, -0.25) is 4.40 Å². The van der Waals surface area contributed by atoms with Crippen LogP contribution in [0.15, 0.2) is 109 Å². The smallest absolute Gasteiger partial charge is 0.227 e. The van der Waals surface area contributed by atoms with E-state index in [1.54, 1.807) is 13.3 Å². The zero-order valence-electron chi connectivity index (χ0n) is 21.7. The van der Waals surface area contributed by atoms with Crippen molar-refractivity contribution in [3.8, 4) is 28.4 Å². The number of anilines is 2. The van der Waals surface area contributed by atoms with E-state index >= 15 is 0 Å². The Morgan fingerprint density at radius 2 is 1.70 bits per heavy atom. The summed E-state index contributed by atoms with van der Waals surface area (Å²) in [4.78, 5) is 22.7. The summed E-state index contributed by atoms with van der Waals surface area (Å²) >= 11 is 0. The number of pyridine rings is 1. The summed E-state index contributed by atoms with van der Waals surface area (Å²) in [5.74, 6) is 2.11. The van der Waals surface area contributed by atoms with Crippen LogP contribution in [0.3, 0.4) is 0 Å². The second-order valence-corrected chi connectivity index (χ2v) is 9.41. The number of H-pyrrole nitrogens is 1. The number of fused-ring (bicyclic) bond motifs is 2. The summed E-state index contributed by atoms with van der Waals surface area (Å²) in [6.45, 7) is 0. The molecule has 4 heterocycles. The number of para-hydroxylation sites is 2. The average molecular weight is 524 g/mol. The SMILES string of the molecule is COc1ccccc1Nc1nccc(-c2c(-c3ccc4nc(Cc5ccccc5)[nH]c4c3)nc3ccccn23)n1. The van der Waals surface area contributed by atoms with Gasteiger partial charge >= 0.3 is 0 Å². The molecule has 0 aliphatic rings. The van der Waals surface area contributed by atoms with E-state index < -0.39 is 0 Å². The van der Waals surface area contributed by atoms with Crippen LogP contribution in [-0.2, 0) is 6.42 Å². The lowest BCUT2D eigenvalue weighted by atomic mass is 10.1. The van der Waals surface area contributed by atoms with Gasteiger partial charge in [-0.25, -0.2) is 19.9 Å². The Morgan fingerprint density at radius 3 is 2.60 bits per heavy atom. The minimum absolute atomic E-state index is 0.466. The molecule has 194 valence electrons. The number of aromatic amines is 1. The minimum atomic E-state index is 0.466. The van der Waals surface area contributed by atoms with Crippen LogP contribution in [0.4, 0.5) is 11.6 Å². The van der Waals surface area contributed by atoms with Crippen molar-refractivity contribution < 1.29 is 4.74 Å². The van der Waals surface area contributed by atoms with Crippen LogP contribution in [0, 0.1) is 0 Å². The Labute approximate surface area is 230 Å². The Hall–Kier alpha value is -5.50. The molecule has 0 radical (unpaired) electrons. The van der Waals surface area contributed by atoms with Gasteiger partial charge in [0.2, 0.25) is 5.95 Å². The van der Waals surface area contributed by atoms with Gasteiger partial charge in [-0.05, 0) is 48.0 Å². The first-order valence-corrected chi connectivity index (χ1v) is 13.0. The summed E-state index contributed by atoms with van der Waals surface area (Å²) in [5.41, 5.74) is 8.15. The van der Waals surface area contributed by atoms with Crippen molar-refractivity contribution in [3.63, 3.8) is 0 Å². The number of imidazole rings is 2. The summed E-state index contributed by atoms with van der Waals surface area (Å²) < 4.78 is 7.54. The molecule has 8 heteroatoms. The molecule has 0 saturated heterocycles. The largest absolute Gasteiger partial charge is 0.495 e. The molecule has 2 N–H and O–H groups in total. The molecule has 7 rings (SSSR count). The minimum Gasteiger partial charge on any atom is -0.495 e. The Morgan fingerprint density at radius 1 is 0.850 bits per heavy atom. The molecule has 0 bridgehead atoms. The quantitative estimate of drug-likeness (QED) is 0.242. The highest BCUT2D eigenvalue weighted by Gasteiger charge is 2.19. The van der Waals surface area contributed by atoms with E-state index in [-0.39, 0.29) is 0 Å². The summed E-state index contributed by atoms with van der Waals surface area (Å²) in [5, 5.41) is 3.29. The highest BCUT2D eigenvalue weighted by atomic mass is 16.5. The van der Waals surface area contributed by atoms with E-state index in [0.717, 1.165) is 57.3 Å². The van der Waals surface area contributed by atoms with Crippen LogP contribution in [0.2, 0.25) is 0 Å². The number of nitrogens with one attached hydrogen (secondary N) is 2. The third-order valence-corrected chi connectivity index (χ3v) is 6.80. The lowest BCUT2D eigenvalue weighted by molar-refractivity contribution is 0.417. The van der Waals surface area contributed by atoms with E-state index in [2.05, 4.69) is 44.0 Å². The Balaban J connectivity index is 1.30. The van der Waals surface area contributed by atoms with E-state index in [9.17, 15) is 0 Å². The molecular formula is C32H25N7O. The standard InChI is InChI=1S/C32H25N7O/c1-40-27-12-6-5-11-24(27)36-32-33-17-16-25(37-32)31-30(38-29-13-7-8-18-39(29)31)22-14-15-23-26(20-22)35-28(34-23)19-21-9-3-2-4-10-21/h2-18,20H,19H2,1H3,(H,34,35)(H,33,36,37). The first kappa shape index (κ1) is 23.6. The summed E-state index contributed by atoms with van der Waals surface area (Å²) in [7, 11) is 1.64. The van der Waals surface area contributed by atoms with Crippen molar-refractivity contribution in [2.24, 2.45) is 0 Å². The van der Waals surface area contributed by atoms with E-state index in [1.807, 2.05) is 79.0 Å². The molecule has 0 unspecified atom stereocenters. The van der Waals surface area contributed by atoms with Crippen molar-refractivity contribution in [3.05, 3.63) is 121 Å². The number of nitrogens with zero attached hydrogens (tertiary/aromatic N) is 5. The molecule has 7 aromatic rings. The maximum atomic E-state index is 5.48. The number of methoxy groups -OCH3 is 1. The molecule has 0 spiro atoms. The second kappa shape index (κ2) is 9.99. The number of ether oxygens (including phenoxy) is 1. The first-order chi connectivity index (χ1) is 19.7. The van der Waals surface area contributed by atoms with Gasteiger partial charge in [0.1, 0.15) is 17.2 Å². The van der Waals surface area contributed by atoms with Crippen LogP contribution in [0.25, 0.3) is 39.3 Å². The number of aromatic nitrogens is 6. The van der Waals surface area contributed by atoms with Crippen molar-refractivity contribution in [2.75, 3.05) is 12.4 Å². The Bertz CT molecular complexity index is 1960. The van der Waals surface area contributed by atoms with E-state index in [4.69, 9.17) is 19.7 Å². The third-order valence-electron chi connectivity index (χ3n) is 6.80. The number of benzene rings is 3. The fraction of sp³-hybridized carbons (Fsp3) is 0.0625. The fourth-order valence-electron chi connectivity index (χ4n) is 4.94. The van der Waals surface area contributed by atoms with Crippen molar-refractivity contribution >= 4 is 28.3 Å². The van der Waals surface area contributed by atoms with Gasteiger partial charge in [0.05, 0.1) is 40.9 Å². The molecule has 0 fully saturated rings. The molecular weight excluding hydrogens is 498 g/mol. The highest BCUT2D eigenvalue weighted by Crippen LogP contribution is 2.34. The maximum absolute atomic E-state index is 5.48. The van der Waals surface area contributed by atoms with Gasteiger partial charge in [0, 0.05) is 24.4 Å². The van der Waals surface area contributed by atoms with Crippen molar-refractivity contribution in [1.82, 2.24) is 29.3 Å². The number of hydrogen-bond acceptors (Lipinski definition) is 6. The second-order valence-electron chi connectivity index (χ2n) is 9.41. The maximum Gasteiger partial charge on any atom is 0.227 e. The van der Waals surface area contributed by atoms with E-state index in [1.165, 1.54) is 5.56 Å². The van der Waals surface area contributed by atoms with Gasteiger partial charge < -0.3 is 15.0 Å². The molecule has 8 nitrogen and oxygen atoms in total. The van der Waals surface area contributed by atoms with Crippen LogP contribution in [0.5, 0.6) is 5.75 Å². The molecule has 0 atom stereocenters. The number of rotatable bonds is 7. The van der Waals surface area contributed by atoms with Gasteiger partial charge in [0.15, 0.2) is 0 Å². The van der Waals surface area contributed by atoms with Crippen LogP contribution in [0.1, 0.15) is 11.4 Å². The van der Waals surface area contributed by atoms with Crippen LogP contribution >= 0.6 is 0 Å². The van der Waals surface area contributed by atoms with E-state index in [0.29, 0.717) is 11.7 Å². The van der Waals surface area contributed by atoms with Gasteiger partial charge in [-0.2, -0.15) is 0 Å². The summed E-state index contributed by atoms with van der Waals surface area (Å²) in [6, 6.07) is 32.1. The monoisotopic (exact) mass is 523 g/mol. The lowest BCUT2D eigenvalue weighted by Gasteiger charge is -2.11. The Kier molecular flexibility index (Phi) is 5.90. The zero-order chi connectivity index (χ0) is 26.9. The van der Waals surface area contributed by atoms with Crippen molar-refractivity contribution in [2.45, 2.75) is 6.42 Å². The number of hydrogen-bond donors (Lipinski definition) is 2. The highest BCUT2D eigenvalue weighted by molar-refractivity contribution is 5.87. The molecule has 0 amide bonds. The van der Waals surface area contributed by atoms with Crippen LogP contribution < -0.4 is 10.1 Å². The van der Waals surface area contributed by atoms with Gasteiger partial charge in [0.25, 0.3) is 0 Å². The molecule has 3 aromatic carbocycles. The third kappa shape index (κ3) is 4.41. The molecule has 0 aliphatic heterocycles. The lowest BCUT2D eigenvalue weighted by Crippen LogP contribution is -2.01. The normalized spacial score (nSPS) is 11.2. The molecule has 4 aromatic heterocycles. The van der Waals surface area contributed by atoms with Crippen LogP contribution in [-0.4, -0.2) is 36.4 Å². The predicted octanol–water partition coefficient (Wildman–Crippen LogP) is 6.68. The molecule has 0 aliphatic carbocycles. The zero-order valence-corrected chi connectivity index (χ0v) is 21.7. The topological polar surface area (TPSA) is 93.0 Å². The molecule has 0 saturated carbocycles. The van der Waals surface area contributed by atoms with Crippen molar-refractivity contribution in [1.29, 1.82) is 0 Å². The van der Waals surface area contributed by atoms with Gasteiger partial charge in [-0.1, -0.05) is 54.6 Å². The fourth-order valence-corrected chi connectivity index (χ4v) is 4.94. The predicted molar refractivity (Wildman–Crippen MR) is 157 cm³/mol.